The van der Waals surface area contributed by atoms with Gasteiger partial charge in [0.1, 0.15) is 5.82 Å². The van der Waals surface area contributed by atoms with Crippen LogP contribution < -0.4 is 15.1 Å². The molecule has 1 aliphatic carbocycles. The van der Waals surface area contributed by atoms with E-state index in [0.717, 1.165) is 42.4 Å². The molecule has 37 heavy (non-hydrogen) atoms. The van der Waals surface area contributed by atoms with Crippen LogP contribution in [0, 0.1) is 0 Å². The van der Waals surface area contributed by atoms with E-state index in [1.165, 1.54) is 5.06 Å². The van der Waals surface area contributed by atoms with E-state index in [-0.39, 0.29) is 18.0 Å². The fourth-order valence-electron chi connectivity index (χ4n) is 4.61. The summed E-state index contributed by atoms with van der Waals surface area (Å²) in [4.78, 5) is 35.1. The molecule has 1 aliphatic rings. The normalized spacial score (nSPS) is 17.3. The second kappa shape index (κ2) is 11.0. The zero-order valence-corrected chi connectivity index (χ0v) is 21.6. The number of carbonyl (C=O) groups excluding carboxylic acids is 1. The molecule has 0 aliphatic heterocycles. The van der Waals surface area contributed by atoms with Gasteiger partial charge in [-0.3, -0.25) is 9.78 Å². The third-order valence-electron chi connectivity index (χ3n) is 6.49. The van der Waals surface area contributed by atoms with E-state index < -0.39 is 0 Å². The van der Waals surface area contributed by atoms with Crippen LogP contribution in [0.2, 0.25) is 5.02 Å². The van der Waals surface area contributed by atoms with E-state index in [9.17, 15) is 4.79 Å². The monoisotopic (exact) mass is 516 g/mol. The first-order chi connectivity index (χ1) is 18.0. The van der Waals surface area contributed by atoms with Crippen molar-refractivity contribution in [2.24, 2.45) is 0 Å². The molecule has 5 rings (SSSR count). The van der Waals surface area contributed by atoms with Crippen molar-refractivity contribution in [3.05, 3.63) is 83.6 Å². The number of nitrogens with zero attached hydrogens (tertiary/aromatic N) is 5. The SMILES string of the molecule is CN(C)c1nc(NC2CCC(N(Oc3ccc(Cl)cc3)C(=O)c3cccnc3)CC2)nc2ccccc12. The van der Waals surface area contributed by atoms with Gasteiger partial charge < -0.3 is 15.1 Å². The maximum Gasteiger partial charge on any atom is 0.288 e. The summed E-state index contributed by atoms with van der Waals surface area (Å²) < 4.78 is 0. The number of para-hydroxylation sites is 1. The van der Waals surface area contributed by atoms with Gasteiger partial charge in [0, 0.05) is 42.9 Å². The van der Waals surface area contributed by atoms with Crippen LogP contribution >= 0.6 is 11.6 Å². The Bertz CT molecular complexity index is 1360. The van der Waals surface area contributed by atoms with E-state index >= 15 is 0 Å². The maximum absolute atomic E-state index is 13.4. The lowest BCUT2D eigenvalue weighted by atomic mass is 9.90. The number of pyridine rings is 1. The summed E-state index contributed by atoms with van der Waals surface area (Å²) in [5.41, 5.74) is 1.39. The number of carbonyl (C=O) groups is 1. The van der Waals surface area contributed by atoms with Crippen molar-refractivity contribution in [3.63, 3.8) is 0 Å². The Morgan fingerprint density at radius 3 is 2.43 bits per heavy atom. The molecular weight excluding hydrogens is 488 g/mol. The van der Waals surface area contributed by atoms with Gasteiger partial charge in [-0.25, -0.2) is 4.98 Å². The van der Waals surface area contributed by atoms with Gasteiger partial charge in [-0.05, 0) is 74.2 Å². The van der Waals surface area contributed by atoms with Crippen LogP contribution in [0.1, 0.15) is 36.0 Å². The zero-order valence-electron chi connectivity index (χ0n) is 20.8. The average Bonchev–Trinajstić information content (AvgIpc) is 2.93. The maximum atomic E-state index is 13.4. The van der Waals surface area contributed by atoms with E-state index in [0.29, 0.717) is 22.3 Å². The predicted molar refractivity (Wildman–Crippen MR) is 146 cm³/mol. The van der Waals surface area contributed by atoms with Crippen LogP contribution in [0.15, 0.2) is 73.1 Å². The lowest BCUT2D eigenvalue weighted by Crippen LogP contribution is -2.46. The zero-order chi connectivity index (χ0) is 25.8. The smallest absolute Gasteiger partial charge is 0.288 e. The molecule has 1 N–H and O–H groups in total. The summed E-state index contributed by atoms with van der Waals surface area (Å²) in [6, 6.07) is 18.6. The highest BCUT2D eigenvalue weighted by atomic mass is 35.5. The van der Waals surface area contributed by atoms with Crippen molar-refractivity contribution in [3.8, 4) is 5.75 Å². The predicted octanol–water partition coefficient (Wildman–Crippen LogP) is 5.60. The summed E-state index contributed by atoms with van der Waals surface area (Å²) in [6.45, 7) is 0. The van der Waals surface area contributed by atoms with E-state index in [1.807, 2.05) is 43.3 Å². The van der Waals surface area contributed by atoms with Gasteiger partial charge in [0.15, 0.2) is 5.75 Å². The van der Waals surface area contributed by atoms with Gasteiger partial charge in [-0.2, -0.15) is 10.0 Å². The minimum atomic E-state index is -0.215. The Kier molecular flexibility index (Phi) is 7.37. The van der Waals surface area contributed by atoms with Crippen LogP contribution in [0.4, 0.5) is 11.8 Å². The minimum Gasteiger partial charge on any atom is -0.376 e. The van der Waals surface area contributed by atoms with Crippen molar-refractivity contribution >= 4 is 40.2 Å². The van der Waals surface area contributed by atoms with Crippen LogP contribution in [-0.4, -0.2) is 52.1 Å². The molecule has 0 saturated heterocycles. The fraction of sp³-hybridized carbons (Fsp3) is 0.286. The van der Waals surface area contributed by atoms with Crippen molar-refractivity contribution in [2.75, 3.05) is 24.3 Å². The number of nitrogens with one attached hydrogen (secondary N) is 1. The molecular formula is C28H29ClN6O2. The molecule has 0 bridgehead atoms. The van der Waals surface area contributed by atoms with Crippen molar-refractivity contribution < 1.29 is 9.63 Å². The standard InChI is InChI=1S/C28H29ClN6O2/c1-34(2)26-24-7-3-4-8-25(24)32-28(33-26)31-21-11-13-22(14-12-21)35(27(36)19-6-5-17-30-18-19)37-23-15-9-20(29)10-16-23/h3-10,15-18,21-22H,11-14H2,1-2H3,(H,31,32,33). The molecule has 0 unspecified atom stereocenters. The number of hydrogen-bond acceptors (Lipinski definition) is 7. The summed E-state index contributed by atoms with van der Waals surface area (Å²) in [6.07, 6.45) is 6.44. The molecule has 0 radical (unpaired) electrons. The highest BCUT2D eigenvalue weighted by molar-refractivity contribution is 6.30. The van der Waals surface area contributed by atoms with E-state index in [2.05, 4.69) is 10.3 Å². The number of halogens is 1. The molecule has 0 spiro atoms. The van der Waals surface area contributed by atoms with Crippen molar-refractivity contribution in [1.29, 1.82) is 0 Å². The van der Waals surface area contributed by atoms with Gasteiger partial charge in [0.05, 0.1) is 17.1 Å². The minimum absolute atomic E-state index is 0.0868. The first-order valence-corrected chi connectivity index (χ1v) is 12.7. The number of anilines is 2. The lowest BCUT2D eigenvalue weighted by Gasteiger charge is -2.36. The van der Waals surface area contributed by atoms with Gasteiger partial charge >= 0.3 is 0 Å². The molecule has 2 aromatic heterocycles. The number of fused-ring (bicyclic) bond motifs is 1. The summed E-state index contributed by atoms with van der Waals surface area (Å²) in [7, 11) is 3.97. The molecule has 2 heterocycles. The van der Waals surface area contributed by atoms with Gasteiger partial charge in [-0.15, -0.1) is 0 Å². The quantitative estimate of drug-likeness (QED) is 0.320. The Morgan fingerprint density at radius 2 is 1.73 bits per heavy atom. The van der Waals surface area contributed by atoms with E-state index in [4.69, 9.17) is 26.4 Å². The van der Waals surface area contributed by atoms with Crippen LogP contribution in [0.25, 0.3) is 10.9 Å². The molecule has 190 valence electrons. The first kappa shape index (κ1) is 24.8. The second-order valence-corrected chi connectivity index (χ2v) is 9.79. The summed E-state index contributed by atoms with van der Waals surface area (Å²) in [5.74, 6) is 1.84. The third kappa shape index (κ3) is 5.75. The number of hydroxylamine groups is 2. The van der Waals surface area contributed by atoms with Crippen molar-refractivity contribution in [2.45, 2.75) is 37.8 Å². The first-order valence-electron chi connectivity index (χ1n) is 12.4. The Balaban J connectivity index is 1.31. The molecule has 4 aromatic rings. The number of amides is 1. The summed E-state index contributed by atoms with van der Waals surface area (Å²) in [5, 5.41) is 6.65. The highest BCUT2D eigenvalue weighted by Gasteiger charge is 2.32. The number of aromatic nitrogens is 3. The molecule has 1 saturated carbocycles. The van der Waals surface area contributed by atoms with Crippen LogP contribution in [0.5, 0.6) is 5.75 Å². The second-order valence-electron chi connectivity index (χ2n) is 9.35. The summed E-state index contributed by atoms with van der Waals surface area (Å²) >= 11 is 6.03. The average molecular weight is 517 g/mol. The van der Waals surface area contributed by atoms with Gasteiger partial charge in [0.2, 0.25) is 5.95 Å². The number of hydrogen-bond donors (Lipinski definition) is 1. The van der Waals surface area contributed by atoms with Gasteiger partial charge in [0.25, 0.3) is 5.91 Å². The van der Waals surface area contributed by atoms with Crippen LogP contribution in [0.3, 0.4) is 0 Å². The topological polar surface area (TPSA) is 83.5 Å². The largest absolute Gasteiger partial charge is 0.376 e. The highest BCUT2D eigenvalue weighted by Crippen LogP contribution is 2.29. The Hall–Kier alpha value is -3.91. The fourth-order valence-corrected chi connectivity index (χ4v) is 4.74. The molecule has 9 heteroatoms. The molecule has 8 nitrogen and oxygen atoms in total. The van der Waals surface area contributed by atoms with Crippen molar-refractivity contribution in [1.82, 2.24) is 20.0 Å². The third-order valence-corrected chi connectivity index (χ3v) is 6.75. The van der Waals surface area contributed by atoms with Gasteiger partial charge in [-0.1, -0.05) is 23.7 Å². The number of rotatable bonds is 7. The molecule has 1 amide bonds. The van der Waals surface area contributed by atoms with E-state index in [1.54, 1.807) is 48.8 Å². The molecule has 2 aromatic carbocycles. The molecule has 1 fully saturated rings. The number of benzene rings is 2. The lowest BCUT2D eigenvalue weighted by molar-refractivity contribution is -0.0717. The Morgan fingerprint density at radius 1 is 0.973 bits per heavy atom. The van der Waals surface area contributed by atoms with Crippen LogP contribution in [-0.2, 0) is 0 Å². The Labute approximate surface area is 221 Å². The molecule has 0 atom stereocenters.